The summed E-state index contributed by atoms with van der Waals surface area (Å²) >= 11 is 0. The fourth-order valence-corrected chi connectivity index (χ4v) is 1.69. The molecule has 0 aliphatic heterocycles. The summed E-state index contributed by atoms with van der Waals surface area (Å²) in [5.41, 5.74) is 0.843. The van der Waals surface area contributed by atoms with Crippen molar-refractivity contribution in [3.63, 3.8) is 0 Å². The van der Waals surface area contributed by atoms with Crippen molar-refractivity contribution in [3.05, 3.63) is 41.5 Å². The fourth-order valence-electron chi connectivity index (χ4n) is 1.69. The second-order valence-electron chi connectivity index (χ2n) is 3.68. The van der Waals surface area contributed by atoms with Gasteiger partial charge in [-0.2, -0.15) is 5.10 Å². The van der Waals surface area contributed by atoms with Crippen molar-refractivity contribution in [1.29, 1.82) is 0 Å². The van der Waals surface area contributed by atoms with Gasteiger partial charge >= 0.3 is 5.97 Å². The average molecular weight is 250 g/mol. The second kappa shape index (κ2) is 4.48. The first-order valence-electron chi connectivity index (χ1n) is 5.16. The molecule has 0 spiro atoms. The van der Waals surface area contributed by atoms with Crippen LogP contribution in [0.25, 0.3) is 5.69 Å². The van der Waals surface area contributed by atoms with Crippen LogP contribution in [0.15, 0.2) is 24.4 Å². The van der Waals surface area contributed by atoms with Gasteiger partial charge in [0.2, 0.25) is 0 Å². The summed E-state index contributed by atoms with van der Waals surface area (Å²) in [6.07, 6.45) is 1.22. The Bertz CT molecular complexity index is 607. The molecule has 0 saturated carbocycles. The highest BCUT2D eigenvalue weighted by Gasteiger charge is 2.16. The van der Waals surface area contributed by atoms with Gasteiger partial charge in [-0.1, -0.05) is 0 Å². The Hall–Kier alpha value is -2.37. The molecule has 1 aromatic carbocycles. The SMILES string of the molecule is COc1ccc(F)cc1-n1ncc(C(=O)O)c1C. The van der Waals surface area contributed by atoms with E-state index >= 15 is 0 Å². The van der Waals surface area contributed by atoms with Crippen LogP contribution >= 0.6 is 0 Å². The van der Waals surface area contributed by atoms with Crippen LogP contribution in [0, 0.1) is 12.7 Å². The molecule has 0 aliphatic carbocycles. The predicted octanol–water partition coefficient (Wildman–Crippen LogP) is 2.03. The minimum atomic E-state index is -1.07. The van der Waals surface area contributed by atoms with Gasteiger partial charge < -0.3 is 9.84 Å². The molecule has 1 heterocycles. The van der Waals surface area contributed by atoms with Crippen LogP contribution in [-0.4, -0.2) is 28.0 Å². The Morgan fingerprint density at radius 2 is 2.22 bits per heavy atom. The zero-order chi connectivity index (χ0) is 13.3. The maximum absolute atomic E-state index is 13.3. The Morgan fingerprint density at radius 1 is 1.50 bits per heavy atom. The molecule has 0 radical (unpaired) electrons. The quantitative estimate of drug-likeness (QED) is 0.905. The number of carboxylic acids is 1. The molecule has 0 atom stereocenters. The Labute approximate surface area is 102 Å². The highest BCUT2D eigenvalue weighted by atomic mass is 19.1. The number of benzene rings is 1. The van der Waals surface area contributed by atoms with Crippen LogP contribution in [0.2, 0.25) is 0 Å². The molecule has 0 fully saturated rings. The molecule has 0 unspecified atom stereocenters. The normalized spacial score (nSPS) is 10.4. The Morgan fingerprint density at radius 3 is 2.78 bits per heavy atom. The molecule has 2 aromatic rings. The van der Waals surface area contributed by atoms with Crippen molar-refractivity contribution >= 4 is 5.97 Å². The lowest BCUT2D eigenvalue weighted by Crippen LogP contribution is -2.04. The zero-order valence-corrected chi connectivity index (χ0v) is 9.85. The second-order valence-corrected chi connectivity index (χ2v) is 3.68. The Balaban J connectivity index is 2.61. The zero-order valence-electron chi connectivity index (χ0n) is 9.85. The molecule has 0 saturated heterocycles. The molecule has 94 valence electrons. The third-order valence-corrected chi connectivity index (χ3v) is 2.61. The van der Waals surface area contributed by atoms with E-state index in [0.717, 1.165) is 0 Å². The first kappa shape index (κ1) is 12.1. The number of carbonyl (C=O) groups is 1. The number of hydrogen-bond donors (Lipinski definition) is 1. The maximum Gasteiger partial charge on any atom is 0.339 e. The predicted molar refractivity (Wildman–Crippen MR) is 61.8 cm³/mol. The lowest BCUT2D eigenvalue weighted by Gasteiger charge is -2.10. The van der Waals surface area contributed by atoms with E-state index in [-0.39, 0.29) is 5.56 Å². The van der Waals surface area contributed by atoms with Gasteiger partial charge in [0.1, 0.15) is 22.8 Å². The van der Waals surface area contributed by atoms with Crippen molar-refractivity contribution in [3.8, 4) is 11.4 Å². The van der Waals surface area contributed by atoms with Gasteiger partial charge in [-0.05, 0) is 19.1 Å². The van der Waals surface area contributed by atoms with E-state index in [1.54, 1.807) is 6.92 Å². The van der Waals surface area contributed by atoms with E-state index in [9.17, 15) is 9.18 Å². The Kier molecular flexibility index (Phi) is 3.01. The lowest BCUT2D eigenvalue weighted by atomic mass is 10.2. The molecule has 0 aliphatic rings. The van der Waals surface area contributed by atoms with E-state index in [4.69, 9.17) is 9.84 Å². The largest absolute Gasteiger partial charge is 0.494 e. The monoisotopic (exact) mass is 250 g/mol. The number of hydrogen-bond acceptors (Lipinski definition) is 3. The van der Waals surface area contributed by atoms with Crippen LogP contribution in [0.4, 0.5) is 4.39 Å². The number of nitrogens with zero attached hydrogens (tertiary/aromatic N) is 2. The average Bonchev–Trinajstić information content (AvgIpc) is 2.71. The molecular formula is C12H11FN2O3. The van der Waals surface area contributed by atoms with Crippen molar-refractivity contribution in [2.75, 3.05) is 7.11 Å². The lowest BCUT2D eigenvalue weighted by molar-refractivity contribution is 0.0696. The van der Waals surface area contributed by atoms with Crippen LogP contribution < -0.4 is 4.74 Å². The standard InChI is InChI=1S/C12H11FN2O3/c1-7-9(12(16)17)6-14-15(7)10-5-8(13)3-4-11(10)18-2/h3-6H,1-2H3,(H,16,17). The van der Waals surface area contributed by atoms with Crippen molar-refractivity contribution < 1.29 is 19.0 Å². The smallest absolute Gasteiger partial charge is 0.339 e. The van der Waals surface area contributed by atoms with Gasteiger partial charge in [0.15, 0.2) is 0 Å². The van der Waals surface area contributed by atoms with Crippen LogP contribution in [0.3, 0.4) is 0 Å². The summed E-state index contributed by atoms with van der Waals surface area (Å²) in [7, 11) is 1.45. The summed E-state index contributed by atoms with van der Waals surface area (Å²) in [6.45, 7) is 1.60. The molecule has 1 aromatic heterocycles. The summed E-state index contributed by atoms with van der Waals surface area (Å²) in [4.78, 5) is 10.9. The number of halogens is 1. The van der Waals surface area contributed by atoms with E-state index in [2.05, 4.69) is 5.10 Å². The van der Waals surface area contributed by atoms with Crippen molar-refractivity contribution in [2.45, 2.75) is 6.92 Å². The van der Waals surface area contributed by atoms with Gasteiger partial charge in [0, 0.05) is 6.07 Å². The number of aromatic carboxylic acids is 1. The molecule has 2 rings (SSSR count). The van der Waals surface area contributed by atoms with Gasteiger partial charge in [0.05, 0.1) is 19.0 Å². The molecular weight excluding hydrogens is 239 g/mol. The number of ether oxygens (including phenoxy) is 1. The number of methoxy groups -OCH3 is 1. The molecule has 0 amide bonds. The summed E-state index contributed by atoms with van der Waals surface area (Å²) in [5, 5.41) is 12.9. The van der Waals surface area contributed by atoms with Gasteiger partial charge in [-0.3, -0.25) is 0 Å². The minimum Gasteiger partial charge on any atom is -0.494 e. The van der Waals surface area contributed by atoms with Crippen LogP contribution in [0.1, 0.15) is 16.1 Å². The highest BCUT2D eigenvalue weighted by Crippen LogP contribution is 2.25. The number of aromatic nitrogens is 2. The van der Waals surface area contributed by atoms with Gasteiger partial charge in [0.25, 0.3) is 0 Å². The number of carboxylic acid groups (broad SMARTS) is 1. The summed E-state index contributed by atoms with van der Waals surface area (Å²) in [6, 6.07) is 3.97. The van der Waals surface area contributed by atoms with Crippen molar-refractivity contribution in [1.82, 2.24) is 9.78 Å². The third kappa shape index (κ3) is 1.92. The first-order chi connectivity index (χ1) is 8.54. The van der Waals surface area contributed by atoms with Crippen molar-refractivity contribution in [2.24, 2.45) is 0 Å². The summed E-state index contributed by atoms with van der Waals surface area (Å²) < 4.78 is 19.7. The van der Waals surface area contributed by atoms with Gasteiger partial charge in [-0.25, -0.2) is 13.9 Å². The van der Waals surface area contributed by atoms with Gasteiger partial charge in [-0.15, -0.1) is 0 Å². The summed E-state index contributed by atoms with van der Waals surface area (Å²) in [5.74, 6) is -1.11. The minimum absolute atomic E-state index is 0.0707. The first-order valence-corrected chi connectivity index (χ1v) is 5.16. The van der Waals surface area contributed by atoms with E-state index < -0.39 is 11.8 Å². The maximum atomic E-state index is 13.3. The van der Waals surface area contributed by atoms with E-state index in [1.807, 2.05) is 0 Å². The molecule has 1 N–H and O–H groups in total. The molecule has 6 heteroatoms. The third-order valence-electron chi connectivity index (χ3n) is 2.61. The highest BCUT2D eigenvalue weighted by molar-refractivity contribution is 5.88. The number of rotatable bonds is 3. The molecule has 5 nitrogen and oxygen atoms in total. The van der Waals surface area contributed by atoms with Crippen LogP contribution in [0.5, 0.6) is 5.75 Å². The molecule has 18 heavy (non-hydrogen) atoms. The topological polar surface area (TPSA) is 64.4 Å². The van der Waals surface area contributed by atoms with E-state index in [1.165, 1.54) is 36.2 Å². The van der Waals surface area contributed by atoms with Crippen LogP contribution in [-0.2, 0) is 0 Å². The molecule has 0 bridgehead atoms. The fraction of sp³-hybridized carbons (Fsp3) is 0.167. The van der Waals surface area contributed by atoms with E-state index in [0.29, 0.717) is 17.1 Å².